The molecule has 0 radical (unpaired) electrons. The van der Waals surface area contributed by atoms with Gasteiger partial charge in [-0.05, 0) is 30.9 Å². The van der Waals surface area contributed by atoms with Crippen LogP contribution in [0, 0.1) is 5.92 Å². The number of hydrogen-bond acceptors (Lipinski definition) is 5. The molecule has 1 aromatic rings. The molecule has 6 heteroatoms. The molecule has 0 bridgehead atoms. The molecule has 0 heterocycles. The number of nitrogens with one attached hydrogen (secondary N) is 2. The molecule has 0 aliphatic rings. The molecule has 1 aromatic carbocycles. The average molecular weight is 336 g/mol. The van der Waals surface area contributed by atoms with E-state index in [0.717, 1.165) is 12.0 Å². The van der Waals surface area contributed by atoms with Crippen LogP contribution in [-0.4, -0.2) is 38.3 Å². The third kappa shape index (κ3) is 8.53. The minimum absolute atomic E-state index is 0.251. The van der Waals surface area contributed by atoms with Gasteiger partial charge in [-0.2, -0.15) is 0 Å². The minimum Gasteiger partial charge on any atom is -0.468 e. The molecule has 0 unspecified atom stereocenters. The van der Waals surface area contributed by atoms with Crippen LogP contribution in [0.3, 0.4) is 0 Å². The van der Waals surface area contributed by atoms with E-state index in [2.05, 4.69) is 24.5 Å². The second-order valence-corrected chi connectivity index (χ2v) is 6.00. The lowest BCUT2D eigenvalue weighted by atomic mass is 10.0. The molecule has 2 N–H and O–H groups in total. The lowest BCUT2D eigenvalue weighted by Crippen LogP contribution is -2.40. The van der Waals surface area contributed by atoms with E-state index >= 15 is 0 Å². The second-order valence-electron chi connectivity index (χ2n) is 6.00. The number of methoxy groups -OCH3 is 1. The molecule has 134 valence electrons. The number of hydrogen-bond donors (Lipinski definition) is 2. The molecule has 6 nitrogen and oxygen atoms in total. The maximum Gasteiger partial charge on any atom is 0.407 e. The van der Waals surface area contributed by atoms with Crippen molar-refractivity contribution in [2.75, 3.05) is 20.2 Å². The van der Waals surface area contributed by atoms with E-state index in [4.69, 9.17) is 9.47 Å². The summed E-state index contributed by atoms with van der Waals surface area (Å²) in [5, 5.41) is 5.86. The molecule has 0 fully saturated rings. The van der Waals surface area contributed by atoms with Crippen molar-refractivity contribution in [3.05, 3.63) is 35.9 Å². The second kappa shape index (κ2) is 11.5. The maximum absolute atomic E-state index is 11.7. The van der Waals surface area contributed by atoms with Crippen molar-refractivity contribution < 1.29 is 19.1 Å². The number of ether oxygens (including phenoxy) is 2. The van der Waals surface area contributed by atoms with E-state index in [0.29, 0.717) is 25.4 Å². The molecule has 0 aromatic heterocycles. The summed E-state index contributed by atoms with van der Waals surface area (Å²) in [6, 6.07) is 9.21. The van der Waals surface area contributed by atoms with Crippen LogP contribution in [0.4, 0.5) is 4.79 Å². The molecule has 1 atom stereocenters. The van der Waals surface area contributed by atoms with Crippen molar-refractivity contribution in [1.29, 1.82) is 0 Å². The molecule has 1 rings (SSSR count). The Morgan fingerprint density at radius 2 is 1.83 bits per heavy atom. The number of carbonyl (C=O) groups excluding carboxylic acids is 2. The Morgan fingerprint density at radius 3 is 2.46 bits per heavy atom. The summed E-state index contributed by atoms with van der Waals surface area (Å²) in [7, 11) is 1.39. The fraction of sp³-hybridized carbons (Fsp3) is 0.556. The maximum atomic E-state index is 11.7. The highest BCUT2D eigenvalue weighted by Gasteiger charge is 2.19. The Labute approximate surface area is 143 Å². The predicted octanol–water partition coefficient (Wildman–Crippen LogP) is 2.48. The average Bonchev–Trinajstić information content (AvgIpc) is 2.58. The highest BCUT2D eigenvalue weighted by molar-refractivity contribution is 5.75. The third-order valence-corrected chi connectivity index (χ3v) is 3.42. The monoisotopic (exact) mass is 336 g/mol. The van der Waals surface area contributed by atoms with Gasteiger partial charge in [-0.3, -0.25) is 4.79 Å². The van der Waals surface area contributed by atoms with Crippen molar-refractivity contribution in [3.63, 3.8) is 0 Å². The van der Waals surface area contributed by atoms with Crippen LogP contribution in [0.25, 0.3) is 0 Å². The van der Waals surface area contributed by atoms with Crippen LogP contribution in [0.1, 0.15) is 32.3 Å². The number of benzene rings is 1. The number of rotatable bonds is 10. The molecular formula is C18H28N2O4. The summed E-state index contributed by atoms with van der Waals surface area (Å²) in [5.41, 5.74) is 0.948. The molecule has 24 heavy (non-hydrogen) atoms. The van der Waals surface area contributed by atoms with Gasteiger partial charge in [0, 0.05) is 6.54 Å². The zero-order valence-electron chi connectivity index (χ0n) is 14.7. The first-order valence-electron chi connectivity index (χ1n) is 8.28. The molecule has 0 aliphatic heterocycles. The van der Waals surface area contributed by atoms with Crippen LogP contribution in [0.2, 0.25) is 0 Å². The van der Waals surface area contributed by atoms with E-state index in [-0.39, 0.29) is 18.6 Å². The van der Waals surface area contributed by atoms with Crippen LogP contribution < -0.4 is 10.6 Å². The number of carbonyl (C=O) groups is 2. The first-order chi connectivity index (χ1) is 11.5. The van der Waals surface area contributed by atoms with Gasteiger partial charge in [0.15, 0.2) is 0 Å². The lowest BCUT2D eigenvalue weighted by Gasteiger charge is -2.18. The van der Waals surface area contributed by atoms with Crippen LogP contribution >= 0.6 is 0 Å². The highest BCUT2D eigenvalue weighted by Crippen LogP contribution is 2.06. The van der Waals surface area contributed by atoms with Gasteiger partial charge in [-0.25, -0.2) is 4.79 Å². The summed E-state index contributed by atoms with van der Waals surface area (Å²) in [6.07, 6.45) is 0.983. The van der Waals surface area contributed by atoms with Gasteiger partial charge in [0.05, 0.1) is 7.11 Å². The normalized spacial score (nSPS) is 11.8. The largest absolute Gasteiger partial charge is 0.468 e. The smallest absolute Gasteiger partial charge is 0.407 e. The van der Waals surface area contributed by atoms with Gasteiger partial charge in [-0.15, -0.1) is 0 Å². The van der Waals surface area contributed by atoms with Gasteiger partial charge >= 0.3 is 12.1 Å². The Morgan fingerprint density at radius 1 is 1.12 bits per heavy atom. The Balaban J connectivity index is 2.15. The van der Waals surface area contributed by atoms with Crippen LogP contribution in [-0.2, 0) is 20.9 Å². The summed E-state index contributed by atoms with van der Waals surface area (Å²) < 4.78 is 9.91. The number of esters is 1. The molecule has 0 spiro atoms. The summed E-state index contributed by atoms with van der Waals surface area (Å²) in [6.45, 7) is 5.47. The fourth-order valence-electron chi connectivity index (χ4n) is 2.21. The fourth-order valence-corrected chi connectivity index (χ4v) is 2.21. The minimum atomic E-state index is -0.439. The summed E-state index contributed by atoms with van der Waals surface area (Å²) >= 11 is 0. The zero-order valence-corrected chi connectivity index (χ0v) is 14.7. The standard InChI is InChI=1S/C18H28N2O4/c1-14(2)12-16(17(21)23-3)19-10-7-11-20-18(22)24-13-15-8-5-4-6-9-15/h4-6,8-9,14,16,19H,7,10-13H2,1-3H3,(H,20,22)/t16-/m0/s1. The van der Waals surface area contributed by atoms with Gasteiger partial charge in [0.2, 0.25) is 0 Å². The summed E-state index contributed by atoms with van der Waals surface area (Å²) in [5.74, 6) is 0.145. The van der Waals surface area contributed by atoms with Gasteiger partial charge < -0.3 is 20.1 Å². The first-order valence-corrected chi connectivity index (χ1v) is 8.28. The Kier molecular flexibility index (Phi) is 9.53. The van der Waals surface area contributed by atoms with E-state index in [1.54, 1.807) is 0 Å². The Hall–Kier alpha value is -2.08. The molecule has 0 aliphatic carbocycles. The van der Waals surface area contributed by atoms with E-state index in [9.17, 15) is 9.59 Å². The number of amides is 1. The van der Waals surface area contributed by atoms with E-state index in [1.165, 1.54) is 7.11 Å². The van der Waals surface area contributed by atoms with Gasteiger partial charge in [-0.1, -0.05) is 44.2 Å². The highest BCUT2D eigenvalue weighted by atomic mass is 16.5. The summed E-state index contributed by atoms with van der Waals surface area (Å²) in [4.78, 5) is 23.3. The van der Waals surface area contributed by atoms with Crippen molar-refractivity contribution >= 4 is 12.1 Å². The van der Waals surface area contributed by atoms with Crippen LogP contribution in [0.5, 0.6) is 0 Å². The van der Waals surface area contributed by atoms with Crippen LogP contribution in [0.15, 0.2) is 30.3 Å². The van der Waals surface area contributed by atoms with Crippen molar-refractivity contribution in [3.8, 4) is 0 Å². The van der Waals surface area contributed by atoms with E-state index in [1.807, 2.05) is 30.3 Å². The topological polar surface area (TPSA) is 76.7 Å². The van der Waals surface area contributed by atoms with Crippen molar-refractivity contribution in [2.24, 2.45) is 5.92 Å². The molecule has 0 saturated carbocycles. The number of alkyl carbamates (subject to hydrolysis) is 1. The SMILES string of the molecule is COC(=O)[C@H](CC(C)C)NCCCNC(=O)OCc1ccccc1. The van der Waals surface area contributed by atoms with Gasteiger partial charge in [0.25, 0.3) is 0 Å². The zero-order chi connectivity index (χ0) is 17.8. The molecule has 1 amide bonds. The van der Waals surface area contributed by atoms with Crippen molar-refractivity contribution in [1.82, 2.24) is 10.6 Å². The quantitative estimate of drug-likeness (QED) is 0.507. The predicted molar refractivity (Wildman–Crippen MR) is 92.5 cm³/mol. The lowest BCUT2D eigenvalue weighted by molar-refractivity contribution is -0.143. The van der Waals surface area contributed by atoms with E-state index < -0.39 is 6.09 Å². The third-order valence-electron chi connectivity index (χ3n) is 3.42. The first kappa shape index (κ1) is 20.0. The molecule has 0 saturated heterocycles. The van der Waals surface area contributed by atoms with Crippen molar-refractivity contribution in [2.45, 2.75) is 39.3 Å². The molecular weight excluding hydrogens is 308 g/mol. The van der Waals surface area contributed by atoms with Gasteiger partial charge in [0.1, 0.15) is 12.6 Å². The Bertz CT molecular complexity index is 491.